The van der Waals surface area contributed by atoms with Crippen LogP contribution in [0.1, 0.15) is 49.7 Å². The van der Waals surface area contributed by atoms with Crippen molar-refractivity contribution in [2.24, 2.45) is 0 Å². The van der Waals surface area contributed by atoms with Gasteiger partial charge in [-0.3, -0.25) is 4.57 Å². The molecule has 0 amide bonds. The van der Waals surface area contributed by atoms with E-state index in [0.29, 0.717) is 0 Å². The average molecular weight is 385 g/mol. The molecule has 0 fully saturated rings. The van der Waals surface area contributed by atoms with Crippen LogP contribution in [0.5, 0.6) is 0 Å². The second-order valence-electron chi connectivity index (χ2n) is 7.46. The molecule has 0 saturated heterocycles. The van der Waals surface area contributed by atoms with Crippen molar-refractivity contribution in [1.29, 1.82) is 0 Å². The Labute approximate surface area is 172 Å². The van der Waals surface area contributed by atoms with Crippen molar-refractivity contribution in [3.8, 4) is 17.2 Å². The lowest BCUT2D eigenvalue weighted by molar-refractivity contribution is 0.880. The van der Waals surface area contributed by atoms with Gasteiger partial charge in [0.05, 0.1) is 5.69 Å². The van der Waals surface area contributed by atoms with Crippen LogP contribution in [0.15, 0.2) is 48.5 Å². The number of benzene rings is 1. The van der Waals surface area contributed by atoms with Crippen LogP contribution in [0.3, 0.4) is 0 Å². The van der Waals surface area contributed by atoms with Gasteiger partial charge in [0, 0.05) is 11.4 Å². The Morgan fingerprint density at radius 3 is 2.21 bits per heavy atom. The predicted molar refractivity (Wildman–Crippen MR) is 120 cm³/mol. The number of hydrogen-bond donors (Lipinski definition) is 0. The van der Waals surface area contributed by atoms with Crippen molar-refractivity contribution in [1.82, 2.24) is 19.5 Å². The fourth-order valence-electron chi connectivity index (χ4n) is 3.94. The predicted octanol–water partition coefficient (Wildman–Crippen LogP) is 5.87. The Hall–Kier alpha value is -3.01. The molecule has 3 aromatic heterocycles. The van der Waals surface area contributed by atoms with Gasteiger partial charge in [0.2, 0.25) is 0 Å². The van der Waals surface area contributed by atoms with E-state index < -0.39 is 0 Å². The molecule has 0 atom stereocenters. The van der Waals surface area contributed by atoms with E-state index in [1.807, 2.05) is 13.0 Å². The highest BCUT2D eigenvalue weighted by Crippen LogP contribution is 2.31. The van der Waals surface area contributed by atoms with E-state index in [2.05, 4.69) is 67.8 Å². The van der Waals surface area contributed by atoms with Gasteiger partial charge in [-0.2, -0.15) is 0 Å². The summed E-state index contributed by atoms with van der Waals surface area (Å²) in [6.45, 7) is 8.62. The number of imidazole rings is 1. The monoisotopic (exact) mass is 384 g/mol. The normalized spacial score (nSPS) is 11.3. The lowest BCUT2D eigenvalue weighted by atomic mass is 10.0. The molecule has 0 saturated carbocycles. The summed E-state index contributed by atoms with van der Waals surface area (Å²) >= 11 is 0. The van der Waals surface area contributed by atoms with E-state index in [9.17, 15) is 0 Å². The van der Waals surface area contributed by atoms with Crippen LogP contribution in [0, 0.1) is 6.92 Å². The first-order chi connectivity index (χ1) is 14.2. The molecule has 0 aliphatic heterocycles. The molecule has 0 bridgehead atoms. The first kappa shape index (κ1) is 19.3. The first-order valence-electron chi connectivity index (χ1n) is 10.6. The summed E-state index contributed by atoms with van der Waals surface area (Å²) in [6.07, 6.45) is 3.96. The summed E-state index contributed by atoms with van der Waals surface area (Å²) in [7, 11) is 0. The minimum absolute atomic E-state index is 0.867. The van der Waals surface area contributed by atoms with Gasteiger partial charge in [0.1, 0.15) is 11.2 Å². The second kappa shape index (κ2) is 8.16. The van der Waals surface area contributed by atoms with Crippen molar-refractivity contribution in [3.63, 3.8) is 0 Å². The number of rotatable bonds is 6. The van der Waals surface area contributed by atoms with Crippen LogP contribution < -0.4 is 0 Å². The molecule has 0 unspecified atom stereocenters. The van der Waals surface area contributed by atoms with Crippen LogP contribution in [-0.2, 0) is 19.3 Å². The second-order valence-corrected chi connectivity index (χ2v) is 7.46. The lowest BCUT2D eigenvalue weighted by Gasteiger charge is -2.17. The SMILES string of the molecule is CCCc1cccc(-c2nc3ccc(C)nc3n2-c2c(CC)cccc2CC)n1. The van der Waals surface area contributed by atoms with Gasteiger partial charge in [-0.05, 0) is 61.6 Å². The topological polar surface area (TPSA) is 43.6 Å². The van der Waals surface area contributed by atoms with Crippen molar-refractivity contribution in [2.45, 2.75) is 53.4 Å². The van der Waals surface area contributed by atoms with E-state index in [1.165, 1.54) is 16.8 Å². The number of para-hydroxylation sites is 1. The molecule has 0 N–H and O–H groups in total. The highest BCUT2D eigenvalue weighted by atomic mass is 15.1. The van der Waals surface area contributed by atoms with Gasteiger partial charge in [-0.25, -0.2) is 15.0 Å². The van der Waals surface area contributed by atoms with Gasteiger partial charge in [-0.15, -0.1) is 0 Å². The van der Waals surface area contributed by atoms with Gasteiger partial charge in [0.25, 0.3) is 0 Å². The summed E-state index contributed by atoms with van der Waals surface area (Å²) in [6, 6.07) is 16.9. The summed E-state index contributed by atoms with van der Waals surface area (Å²) in [5.41, 5.74) is 8.61. The zero-order chi connectivity index (χ0) is 20.4. The van der Waals surface area contributed by atoms with E-state index >= 15 is 0 Å². The van der Waals surface area contributed by atoms with Crippen molar-refractivity contribution < 1.29 is 0 Å². The smallest absolute Gasteiger partial charge is 0.165 e. The number of hydrogen-bond acceptors (Lipinski definition) is 3. The third-order valence-corrected chi connectivity index (χ3v) is 5.37. The number of aryl methyl sites for hydroxylation is 4. The Balaban J connectivity index is 2.07. The molecule has 0 aliphatic rings. The third kappa shape index (κ3) is 3.55. The molecule has 0 radical (unpaired) electrons. The highest BCUT2D eigenvalue weighted by molar-refractivity contribution is 5.80. The summed E-state index contributed by atoms with van der Waals surface area (Å²) in [5, 5.41) is 0. The quantitative estimate of drug-likeness (QED) is 0.418. The molecule has 29 heavy (non-hydrogen) atoms. The fourth-order valence-corrected chi connectivity index (χ4v) is 3.94. The molecule has 0 aliphatic carbocycles. The largest absolute Gasteiger partial charge is 0.275 e. The summed E-state index contributed by atoms with van der Waals surface area (Å²) in [4.78, 5) is 14.8. The van der Waals surface area contributed by atoms with E-state index in [0.717, 1.165) is 59.8 Å². The zero-order valence-electron chi connectivity index (χ0n) is 17.7. The standard InChI is InChI=1S/C25H28N4/c1-5-10-20-13-9-14-21(27-20)25-28-22-16-15-17(4)26-24(22)29(25)23-18(6-2)11-8-12-19(23)7-3/h8-9,11-16H,5-7,10H2,1-4H3. The minimum atomic E-state index is 0.867. The van der Waals surface area contributed by atoms with Gasteiger partial charge >= 0.3 is 0 Å². The van der Waals surface area contributed by atoms with Gasteiger partial charge < -0.3 is 0 Å². The van der Waals surface area contributed by atoms with Crippen LogP contribution in [0.4, 0.5) is 0 Å². The van der Waals surface area contributed by atoms with Crippen molar-refractivity contribution in [2.75, 3.05) is 0 Å². The molecule has 1 aromatic carbocycles. The van der Waals surface area contributed by atoms with Gasteiger partial charge in [-0.1, -0.05) is 51.5 Å². The maximum absolute atomic E-state index is 4.99. The average Bonchev–Trinajstić information content (AvgIpc) is 3.11. The fraction of sp³-hybridized carbons (Fsp3) is 0.320. The molecule has 3 heterocycles. The third-order valence-electron chi connectivity index (χ3n) is 5.37. The molecular weight excluding hydrogens is 356 g/mol. The Morgan fingerprint density at radius 1 is 0.793 bits per heavy atom. The molecule has 4 aromatic rings. The highest BCUT2D eigenvalue weighted by Gasteiger charge is 2.20. The zero-order valence-corrected chi connectivity index (χ0v) is 17.7. The number of aromatic nitrogens is 4. The number of pyridine rings is 2. The van der Waals surface area contributed by atoms with E-state index in [-0.39, 0.29) is 0 Å². The van der Waals surface area contributed by atoms with Crippen molar-refractivity contribution >= 4 is 11.2 Å². The lowest BCUT2D eigenvalue weighted by Crippen LogP contribution is -2.07. The van der Waals surface area contributed by atoms with Crippen LogP contribution >= 0.6 is 0 Å². The Bertz CT molecular complexity index is 1130. The molecule has 4 nitrogen and oxygen atoms in total. The molecule has 0 spiro atoms. The molecule has 4 heteroatoms. The summed E-state index contributed by atoms with van der Waals surface area (Å²) < 4.78 is 2.23. The number of nitrogens with zero attached hydrogens (tertiary/aromatic N) is 4. The maximum Gasteiger partial charge on any atom is 0.165 e. The van der Waals surface area contributed by atoms with Crippen LogP contribution in [-0.4, -0.2) is 19.5 Å². The van der Waals surface area contributed by atoms with Crippen LogP contribution in [0.25, 0.3) is 28.4 Å². The maximum atomic E-state index is 4.99. The minimum Gasteiger partial charge on any atom is -0.275 e. The molecule has 4 rings (SSSR count). The van der Waals surface area contributed by atoms with Crippen molar-refractivity contribution in [3.05, 3.63) is 71.0 Å². The summed E-state index contributed by atoms with van der Waals surface area (Å²) in [5.74, 6) is 0.867. The Kier molecular flexibility index (Phi) is 5.43. The van der Waals surface area contributed by atoms with Gasteiger partial charge in [0.15, 0.2) is 11.5 Å². The molecular formula is C25H28N4. The number of fused-ring (bicyclic) bond motifs is 1. The first-order valence-corrected chi connectivity index (χ1v) is 10.6. The molecule has 148 valence electrons. The van der Waals surface area contributed by atoms with Crippen LogP contribution in [0.2, 0.25) is 0 Å². The Morgan fingerprint density at radius 2 is 1.52 bits per heavy atom. The van der Waals surface area contributed by atoms with E-state index in [4.69, 9.17) is 15.0 Å². The van der Waals surface area contributed by atoms with E-state index in [1.54, 1.807) is 0 Å².